The zero-order valence-electron chi connectivity index (χ0n) is 9.33. The highest BCUT2D eigenvalue weighted by Crippen LogP contribution is 2.25. The Labute approximate surface area is 104 Å². The quantitative estimate of drug-likeness (QED) is 0.926. The Hall–Kier alpha value is -0.580. The van der Waals surface area contributed by atoms with Crippen LogP contribution in [-0.2, 0) is 9.47 Å². The highest BCUT2D eigenvalue weighted by Gasteiger charge is 2.14. The Bertz CT molecular complexity index is 351. The smallest absolute Gasteiger partial charge is 0.147 e. The molecule has 0 saturated carbocycles. The number of aryl methyl sites for hydroxylation is 1. The van der Waals surface area contributed by atoms with Crippen molar-refractivity contribution in [3.63, 3.8) is 0 Å². The minimum absolute atomic E-state index is 0.251. The second kappa shape index (κ2) is 5.66. The van der Waals surface area contributed by atoms with Crippen LogP contribution >= 0.6 is 15.9 Å². The number of ether oxygens (including phenoxy) is 2. The second-order valence-electron chi connectivity index (χ2n) is 3.92. The minimum atomic E-state index is 0.251. The Morgan fingerprint density at radius 3 is 3.12 bits per heavy atom. The van der Waals surface area contributed by atoms with Crippen molar-refractivity contribution in [1.29, 1.82) is 0 Å². The summed E-state index contributed by atoms with van der Waals surface area (Å²) in [5.41, 5.74) is 2.35. The summed E-state index contributed by atoms with van der Waals surface area (Å²) in [7, 11) is 0. The van der Waals surface area contributed by atoms with Crippen LogP contribution in [-0.4, -0.2) is 26.0 Å². The molecule has 0 aromatic heterocycles. The predicted octanol–water partition coefficient (Wildman–Crippen LogP) is 2.93. The summed E-state index contributed by atoms with van der Waals surface area (Å²) in [4.78, 5) is 0. The molecule has 0 spiro atoms. The van der Waals surface area contributed by atoms with Crippen LogP contribution in [0.3, 0.4) is 0 Å². The lowest BCUT2D eigenvalue weighted by Crippen LogP contribution is -2.30. The van der Waals surface area contributed by atoms with Crippen LogP contribution < -0.4 is 5.32 Å². The van der Waals surface area contributed by atoms with Crippen LogP contribution in [0.1, 0.15) is 12.0 Å². The van der Waals surface area contributed by atoms with Crippen LogP contribution in [0.5, 0.6) is 0 Å². The van der Waals surface area contributed by atoms with Crippen molar-refractivity contribution in [3.05, 3.63) is 28.2 Å². The first kappa shape index (κ1) is 11.9. The Morgan fingerprint density at radius 2 is 2.38 bits per heavy atom. The highest BCUT2D eigenvalue weighted by molar-refractivity contribution is 9.10. The Kier molecular flexibility index (Phi) is 4.21. The van der Waals surface area contributed by atoms with E-state index < -0.39 is 0 Å². The van der Waals surface area contributed by atoms with E-state index in [-0.39, 0.29) is 6.10 Å². The summed E-state index contributed by atoms with van der Waals surface area (Å²) in [5, 5.41) is 3.40. The van der Waals surface area contributed by atoms with Gasteiger partial charge in [-0.2, -0.15) is 0 Å². The zero-order valence-corrected chi connectivity index (χ0v) is 10.9. The molecule has 16 heavy (non-hydrogen) atoms. The van der Waals surface area contributed by atoms with E-state index in [2.05, 4.69) is 40.3 Å². The van der Waals surface area contributed by atoms with Crippen molar-refractivity contribution in [1.82, 2.24) is 0 Å². The van der Waals surface area contributed by atoms with E-state index in [0.29, 0.717) is 6.79 Å². The molecule has 3 nitrogen and oxygen atoms in total. The molecule has 0 aliphatic carbocycles. The summed E-state index contributed by atoms with van der Waals surface area (Å²) < 4.78 is 11.7. The lowest BCUT2D eigenvalue weighted by molar-refractivity contribution is -0.133. The van der Waals surface area contributed by atoms with E-state index in [9.17, 15) is 0 Å². The van der Waals surface area contributed by atoms with Crippen LogP contribution in [0.2, 0.25) is 0 Å². The first-order chi connectivity index (χ1) is 7.77. The van der Waals surface area contributed by atoms with Gasteiger partial charge in [0.2, 0.25) is 0 Å². The van der Waals surface area contributed by atoms with Gasteiger partial charge in [0.15, 0.2) is 0 Å². The van der Waals surface area contributed by atoms with Crippen molar-refractivity contribution >= 4 is 21.6 Å². The number of anilines is 1. The molecule has 1 unspecified atom stereocenters. The van der Waals surface area contributed by atoms with E-state index in [4.69, 9.17) is 9.47 Å². The molecule has 0 amide bonds. The zero-order chi connectivity index (χ0) is 11.4. The average Bonchev–Trinajstić information content (AvgIpc) is 2.32. The third kappa shape index (κ3) is 2.97. The number of benzene rings is 1. The van der Waals surface area contributed by atoms with E-state index in [1.165, 1.54) is 5.56 Å². The van der Waals surface area contributed by atoms with Gasteiger partial charge in [-0.1, -0.05) is 12.1 Å². The molecule has 1 atom stereocenters. The van der Waals surface area contributed by atoms with Gasteiger partial charge < -0.3 is 14.8 Å². The number of nitrogens with one attached hydrogen (secondary N) is 1. The summed E-state index contributed by atoms with van der Waals surface area (Å²) in [6.45, 7) is 4.12. The molecule has 1 N–H and O–H groups in total. The highest BCUT2D eigenvalue weighted by atomic mass is 79.9. The minimum Gasteiger partial charge on any atom is -0.382 e. The molecule has 0 bridgehead atoms. The molecule has 4 heteroatoms. The van der Waals surface area contributed by atoms with Crippen molar-refractivity contribution < 1.29 is 9.47 Å². The van der Waals surface area contributed by atoms with E-state index in [1.54, 1.807) is 0 Å². The molecular formula is C12H16BrNO2. The van der Waals surface area contributed by atoms with Crippen LogP contribution in [0.4, 0.5) is 5.69 Å². The summed E-state index contributed by atoms with van der Waals surface area (Å²) >= 11 is 3.58. The van der Waals surface area contributed by atoms with Crippen LogP contribution in [0, 0.1) is 6.92 Å². The molecule has 1 heterocycles. The van der Waals surface area contributed by atoms with Gasteiger partial charge in [-0.15, -0.1) is 0 Å². The maximum atomic E-state index is 5.47. The van der Waals surface area contributed by atoms with Crippen molar-refractivity contribution in [3.8, 4) is 0 Å². The lowest BCUT2D eigenvalue weighted by Gasteiger charge is -2.23. The molecule has 1 aromatic rings. The van der Waals surface area contributed by atoms with Crippen molar-refractivity contribution in [2.24, 2.45) is 0 Å². The second-order valence-corrected chi connectivity index (χ2v) is 4.71. The summed E-state index contributed by atoms with van der Waals surface area (Å²) in [5.74, 6) is 0. The van der Waals surface area contributed by atoms with Crippen LogP contribution in [0.15, 0.2) is 22.7 Å². The number of halogens is 1. The fourth-order valence-corrected chi connectivity index (χ4v) is 2.07. The largest absolute Gasteiger partial charge is 0.382 e. The predicted molar refractivity (Wildman–Crippen MR) is 67.7 cm³/mol. The Balaban J connectivity index is 1.91. The maximum absolute atomic E-state index is 5.47. The van der Waals surface area contributed by atoms with Gasteiger partial charge in [0.1, 0.15) is 6.79 Å². The molecule has 88 valence electrons. The Morgan fingerprint density at radius 1 is 1.50 bits per heavy atom. The molecule has 1 aliphatic heterocycles. The average molecular weight is 286 g/mol. The molecule has 1 fully saturated rings. The van der Waals surface area contributed by atoms with Gasteiger partial charge in [0.25, 0.3) is 0 Å². The van der Waals surface area contributed by atoms with Gasteiger partial charge in [-0.3, -0.25) is 0 Å². The van der Waals surface area contributed by atoms with E-state index in [0.717, 1.165) is 29.7 Å². The standard InChI is InChI=1S/C12H16BrNO2/c1-9-3-2-4-11(12(9)13)14-7-10-5-6-15-8-16-10/h2-4,10,14H,5-8H2,1H3. The fraction of sp³-hybridized carbons (Fsp3) is 0.500. The summed E-state index contributed by atoms with van der Waals surface area (Å²) in [6.07, 6.45) is 1.21. The molecule has 0 radical (unpaired) electrons. The lowest BCUT2D eigenvalue weighted by atomic mass is 10.2. The maximum Gasteiger partial charge on any atom is 0.147 e. The normalized spacial score (nSPS) is 20.8. The van der Waals surface area contributed by atoms with Gasteiger partial charge >= 0.3 is 0 Å². The number of hydrogen-bond donors (Lipinski definition) is 1. The van der Waals surface area contributed by atoms with Gasteiger partial charge in [0.05, 0.1) is 12.7 Å². The summed E-state index contributed by atoms with van der Waals surface area (Å²) in [6, 6.07) is 6.20. The monoisotopic (exact) mass is 285 g/mol. The van der Waals surface area contributed by atoms with E-state index >= 15 is 0 Å². The van der Waals surface area contributed by atoms with Gasteiger partial charge in [0, 0.05) is 16.7 Å². The molecule has 2 rings (SSSR count). The molecule has 1 aromatic carbocycles. The fourth-order valence-electron chi connectivity index (χ4n) is 1.67. The first-order valence-electron chi connectivity index (χ1n) is 5.45. The first-order valence-corrected chi connectivity index (χ1v) is 6.25. The van der Waals surface area contributed by atoms with Crippen molar-refractivity contribution in [2.45, 2.75) is 19.4 Å². The topological polar surface area (TPSA) is 30.5 Å². The number of rotatable bonds is 3. The van der Waals surface area contributed by atoms with Crippen LogP contribution in [0.25, 0.3) is 0 Å². The third-order valence-corrected chi connectivity index (χ3v) is 3.74. The third-order valence-electron chi connectivity index (χ3n) is 2.68. The van der Waals surface area contributed by atoms with Gasteiger partial charge in [-0.05, 0) is 40.9 Å². The number of hydrogen-bond acceptors (Lipinski definition) is 3. The van der Waals surface area contributed by atoms with E-state index in [1.807, 2.05) is 6.07 Å². The van der Waals surface area contributed by atoms with Gasteiger partial charge in [-0.25, -0.2) is 0 Å². The molecular weight excluding hydrogens is 270 g/mol. The molecule has 1 saturated heterocycles. The van der Waals surface area contributed by atoms with Crippen molar-refractivity contribution in [2.75, 3.05) is 25.3 Å². The SMILES string of the molecule is Cc1cccc(NCC2CCOCO2)c1Br. The molecule has 1 aliphatic rings.